The molecule has 22 heavy (non-hydrogen) atoms. The fourth-order valence-corrected chi connectivity index (χ4v) is 3.10. The molecule has 1 unspecified atom stereocenters. The highest BCUT2D eigenvalue weighted by molar-refractivity contribution is 5.89. The lowest BCUT2D eigenvalue weighted by molar-refractivity contribution is 0.202. The molecular weight excluding hydrogens is 278 g/mol. The van der Waals surface area contributed by atoms with E-state index in [9.17, 15) is 9.90 Å². The summed E-state index contributed by atoms with van der Waals surface area (Å²) in [5, 5.41) is 23.8. The summed E-state index contributed by atoms with van der Waals surface area (Å²) >= 11 is 0. The van der Waals surface area contributed by atoms with Gasteiger partial charge in [0.15, 0.2) is 0 Å². The SMILES string of the molecule is N#Cc1cccc(NC(=O)NC(CCO)C2CCCCC2)c1. The average Bonchev–Trinajstić information content (AvgIpc) is 2.55. The minimum absolute atomic E-state index is 0.00412. The Hall–Kier alpha value is -2.06. The van der Waals surface area contributed by atoms with E-state index in [1.54, 1.807) is 24.3 Å². The third-order valence-electron chi connectivity index (χ3n) is 4.22. The number of rotatable bonds is 5. The second-order valence-electron chi connectivity index (χ2n) is 5.81. The fourth-order valence-electron chi connectivity index (χ4n) is 3.10. The molecule has 5 heteroatoms. The Balaban J connectivity index is 1.93. The first-order chi connectivity index (χ1) is 10.7. The number of carbonyl (C=O) groups is 1. The monoisotopic (exact) mass is 301 g/mol. The Kier molecular flexibility index (Phi) is 6.23. The zero-order chi connectivity index (χ0) is 15.8. The van der Waals surface area contributed by atoms with Gasteiger partial charge in [-0.3, -0.25) is 0 Å². The summed E-state index contributed by atoms with van der Waals surface area (Å²) < 4.78 is 0. The topological polar surface area (TPSA) is 85.2 Å². The lowest BCUT2D eigenvalue weighted by Crippen LogP contribution is -2.43. The van der Waals surface area contributed by atoms with E-state index in [-0.39, 0.29) is 18.7 Å². The van der Waals surface area contributed by atoms with Gasteiger partial charge >= 0.3 is 6.03 Å². The number of benzene rings is 1. The molecule has 0 bridgehead atoms. The maximum atomic E-state index is 12.2. The van der Waals surface area contributed by atoms with Crippen molar-refractivity contribution in [3.05, 3.63) is 29.8 Å². The van der Waals surface area contributed by atoms with Crippen LogP contribution in [0.4, 0.5) is 10.5 Å². The number of hydrogen-bond donors (Lipinski definition) is 3. The molecule has 118 valence electrons. The van der Waals surface area contributed by atoms with Crippen LogP contribution in [0.5, 0.6) is 0 Å². The van der Waals surface area contributed by atoms with Crippen LogP contribution >= 0.6 is 0 Å². The van der Waals surface area contributed by atoms with Crippen molar-refractivity contribution in [1.29, 1.82) is 5.26 Å². The number of hydrogen-bond acceptors (Lipinski definition) is 3. The van der Waals surface area contributed by atoms with E-state index in [1.165, 1.54) is 19.3 Å². The first-order valence-electron chi connectivity index (χ1n) is 7.91. The quantitative estimate of drug-likeness (QED) is 0.781. The van der Waals surface area contributed by atoms with Crippen LogP contribution in [0.15, 0.2) is 24.3 Å². The first kappa shape index (κ1) is 16.3. The summed E-state index contributed by atoms with van der Waals surface area (Å²) in [6, 6.07) is 8.60. The summed E-state index contributed by atoms with van der Waals surface area (Å²) in [5.74, 6) is 0.442. The number of urea groups is 1. The standard InChI is InChI=1S/C17H23N3O2/c18-12-13-5-4-8-15(11-13)19-17(22)20-16(9-10-21)14-6-2-1-3-7-14/h4-5,8,11,14,16,21H,1-3,6-7,9-10H2,(H2,19,20,22). The Labute approximate surface area is 131 Å². The van der Waals surface area contributed by atoms with Crippen LogP contribution in [0, 0.1) is 17.2 Å². The normalized spacial score (nSPS) is 16.5. The number of anilines is 1. The molecule has 0 aromatic heterocycles. The van der Waals surface area contributed by atoms with Gasteiger partial charge in [0.25, 0.3) is 0 Å². The number of nitrogens with zero attached hydrogens (tertiary/aromatic N) is 1. The van der Waals surface area contributed by atoms with Crippen molar-refractivity contribution in [2.24, 2.45) is 5.92 Å². The minimum atomic E-state index is -0.279. The third kappa shape index (κ3) is 4.74. The fraction of sp³-hybridized carbons (Fsp3) is 0.529. The van der Waals surface area contributed by atoms with E-state index in [1.807, 2.05) is 6.07 Å². The van der Waals surface area contributed by atoms with Crippen LogP contribution < -0.4 is 10.6 Å². The minimum Gasteiger partial charge on any atom is -0.396 e. The second kappa shape index (κ2) is 8.40. The zero-order valence-electron chi connectivity index (χ0n) is 12.7. The van der Waals surface area contributed by atoms with Crippen LogP contribution in [-0.4, -0.2) is 23.8 Å². The smallest absolute Gasteiger partial charge is 0.319 e. The predicted octanol–water partition coefficient (Wildman–Crippen LogP) is 3.01. The zero-order valence-corrected chi connectivity index (χ0v) is 12.7. The molecule has 1 aliphatic carbocycles. The van der Waals surface area contributed by atoms with Gasteiger partial charge in [-0.05, 0) is 43.4 Å². The molecule has 0 heterocycles. The van der Waals surface area contributed by atoms with Gasteiger partial charge in [0, 0.05) is 18.3 Å². The molecule has 0 radical (unpaired) electrons. The van der Waals surface area contributed by atoms with Gasteiger partial charge in [0.05, 0.1) is 11.6 Å². The van der Waals surface area contributed by atoms with Gasteiger partial charge in [-0.1, -0.05) is 25.3 Å². The summed E-state index contributed by atoms with van der Waals surface area (Å²) in [4.78, 5) is 12.2. The molecule has 1 aliphatic rings. The van der Waals surface area contributed by atoms with E-state index in [4.69, 9.17) is 5.26 Å². The van der Waals surface area contributed by atoms with Crippen molar-refractivity contribution in [2.75, 3.05) is 11.9 Å². The van der Waals surface area contributed by atoms with Gasteiger partial charge in [-0.2, -0.15) is 5.26 Å². The average molecular weight is 301 g/mol. The molecule has 0 aliphatic heterocycles. The third-order valence-corrected chi connectivity index (χ3v) is 4.22. The van der Waals surface area contributed by atoms with Gasteiger partial charge < -0.3 is 15.7 Å². The van der Waals surface area contributed by atoms with Crippen molar-refractivity contribution in [3.8, 4) is 6.07 Å². The van der Waals surface area contributed by atoms with Crippen molar-refractivity contribution < 1.29 is 9.90 Å². The molecule has 1 aromatic carbocycles. The molecule has 2 amide bonds. The summed E-state index contributed by atoms with van der Waals surface area (Å²) in [5.41, 5.74) is 1.11. The number of aliphatic hydroxyl groups excluding tert-OH is 1. The Morgan fingerprint density at radius 2 is 2.14 bits per heavy atom. The lowest BCUT2D eigenvalue weighted by Gasteiger charge is -2.30. The largest absolute Gasteiger partial charge is 0.396 e. The number of aliphatic hydroxyl groups is 1. The summed E-state index contributed by atoms with van der Waals surface area (Å²) in [7, 11) is 0. The lowest BCUT2D eigenvalue weighted by atomic mass is 9.83. The molecule has 2 rings (SSSR count). The molecule has 0 saturated heterocycles. The molecule has 1 saturated carbocycles. The van der Waals surface area contributed by atoms with E-state index in [0.717, 1.165) is 12.8 Å². The highest BCUT2D eigenvalue weighted by Crippen LogP contribution is 2.27. The van der Waals surface area contributed by atoms with E-state index in [0.29, 0.717) is 23.6 Å². The molecule has 0 spiro atoms. The highest BCUT2D eigenvalue weighted by atomic mass is 16.3. The Morgan fingerprint density at radius 3 is 2.82 bits per heavy atom. The van der Waals surface area contributed by atoms with Crippen LogP contribution in [-0.2, 0) is 0 Å². The molecule has 1 atom stereocenters. The highest BCUT2D eigenvalue weighted by Gasteiger charge is 2.24. The first-order valence-corrected chi connectivity index (χ1v) is 7.91. The Morgan fingerprint density at radius 1 is 1.36 bits per heavy atom. The van der Waals surface area contributed by atoms with E-state index >= 15 is 0 Å². The van der Waals surface area contributed by atoms with Crippen molar-refractivity contribution >= 4 is 11.7 Å². The molecule has 5 nitrogen and oxygen atoms in total. The van der Waals surface area contributed by atoms with E-state index in [2.05, 4.69) is 10.6 Å². The number of nitrogens with one attached hydrogen (secondary N) is 2. The van der Waals surface area contributed by atoms with Crippen LogP contribution in [0.1, 0.15) is 44.1 Å². The maximum absolute atomic E-state index is 12.2. The van der Waals surface area contributed by atoms with E-state index < -0.39 is 0 Å². The molecule has 3 N–H and O–H groups in total. The van der Waals surface area contributed by atoms with Crippen molar-refractivity contribution in [2.45, 2.75) is 44.6 Å². The number of amides is 2. The van der Waals surface area contributed by atoms with Crippen molar-refractivity contribution in [1.82, 2.24) is 5.32 Å². The van der Waals surface area contributed by atoms with Crippen LogP contribution in [0.3, 0.4) is 0 Å². The predicted molar refractivity (Wildman–Crippen MR) is 85.4 cm³/mol. The number of nitriles is 1. The van der Waals surface area contributed by atoms with Gasteiger partial charge in [-0.25, -0.2) is 4.79 Å². The summed E-state index contributed by atoms with van der Waals surface area (Å²) in [6.45, 7) is 0.0748. The molecular formula is C17H23N3O2. The van der Waals surface area contributed by atoms with Gasteiger partial charge in [-0.15, -0.1) is 0 Å². The van der Waals surface area contributed by atoms with Crippen LogP contribution in [0.25, 0.3) is 0 Å². The Bertz CT molecular complexity index is 533. The maximum Gasteiger partial charge on any atom is 0.319 e. The summed E-state index contributed by atoms with van der Waals surface area (Å²) in [6.07, 6.45) is 6.44. The van der Waals surface area contributed by atoms with Crippen molar-refractivity contribution in [3.63, 3.8) is 0 Å². The van der Waals surface area contributed by atoms with Gasteiger partial charge in [0.1, 0.15) is 0 Å². The van der Waals surface area contributed by atoms with Crippen LogP contribution in [0.2, 0.25) is 0 Å². The van der Waals surface area contributed by atoms with Gasteiger partial charge in [0.2, 0.25) is 0 Å². The molecule has 1 fully saturated rings. The second-order valence-corrected chi connectivity index (χ2v) is 5.81. The number of carbonyl (C=O) groups excluding carboxylic acids is 1. The molecule has 1 aromatic rings.